The molecule has 134 valence electrons. The van der Waals surface area contributed by atoms with Gasteiger partial charge in [-0.25, -0.2) is 4.98 Å². The molecule has 1 aliphatic rings. The molecule has 0 amide bonds. The van der Waals surface area contributed by atoms with Gasteiger partial charge in [0.1, 0.15) is 5.82 Å². The minimum Gasteiger partial charge on any atom is -0.356 e. The summed E-state index contributed by atoms with van der Waals surface area (Å²) in [6, 6.07) is 10.6. The fraction of sp³-hybridized carbons (Fsp3) is 0.524. The molecule has 1 saturated heterocycles. The van der Waals surface area contributed by atoms with Crippen LogP contribution in [0.1, 0.15) is 51.8 Å². The largest absolute Gasteiger partial charge is 0.356 e. The Balaban J connectivity index is 1.76. The van der Waals surface area contributed by atoms with E-state index in [2.05, 4.69) is 73.2 Å². The van der Waals surface area contributed by atoms with E-state index in [1.807, 2.05) is 6.92 Å². The maximum Gasteiger partial charge on any atom is 0.229 e. The Labute approximate surface area is 151 Å². The van der Waals surface area contributed by atoms with Crippen LogP contribution >= 0.6 is 0 Å². The van der Waals surface area contributed by atoms with Crippen molar-refractivity contribution in [3.8, 4) is 0 Å². The van der Waals surface area contributed by atoms with E-state index in [1.54, 1.807) is 0 Å². The summed E-state index contributed by atoms with van der Waals surface area (Å²) in [5.74, 6) is 2.53. The Kier molecular flexibility index (Phi) is 4.98. The highest BCUT2D eigenvalue weighted by molar-refractivity contribution is 5.56. The average Bonchev–Trinajstić information content (AvgIpc) is 2.54. The third-order valence-corrected chi connectivity index (χ3v) is 4.96. The van der Waals surface area contributed by atoms with Crippen molar-refractivity contribution < 1.29 is 0 Å². The summed E-state index contributed by atoms with van der Waals surface area (Å²) >= 11 is 0. The zero-order valence-electron chi connectivity index (χ0n) is 16.1. The molecule has 0 spiro atoms. The van der Waals surface area contributed by atoms with E-state index in [-0.39, 0.29) is 5.41 Å². The molecule has 0 saturated carbocycles. The Hall–Kier alpha value is -2.10. The molecule has 1 aromatic heterocycles. The second kappa shape index (κ2) is 7.03. The van der Waals surface area contributed by atoms with Gasteiger partial charge in [-0.1, -0.05) is 39.8 Å². The zero-order valence-corrected chi connectivity index (χ0v) is 16.1. The van der Waals surface area contributed by atoms with Gasteiger partial charge in [-0.15, -0.1) is 0 Å². The van der Waals surface area contributed by atoms with Crippen LogP contribution in [-0.2, 0) is 5.41 Å². The first-order valence-electron chi connectivity index (χ1n) is 9.29. The summed E-state index contributed by atoms with van der Waals surface area (Å²) in [5.41, 5.74) is 3.51. The van der Waals surface area contributed by atoms with Crippen molar-refractivity contribution in [1.29, 1.82) is 0 Å². The summed E-state index contributed by atoms with van der Waals surface area (Å²) in [4.78, 5) is 11.7. The van der Waals surface area contributed by atoms with Crippen molar-refractivity contribution in [1.82, 2.24) is 9.97 Å². The number of anilines is 3. The van der Waals surface area contributed by atoms with Crippen molar-refractivity contribution >= 4 is 17.5 Å². The van der Waals surface area contributed by atoms with Gasteiger partial charge in [0.15, 0.2) is 0 Å². The number of aryl methyl sites for hydroxylation is 1. The summed E-state index contributed by atoms with van der Waals surface area (Å²) in [6.07, 6.45) is 2.47. The van der Waals surface area contributed by atoms with Gasteiger partial charge in [-0.2, -0.15) is 4.98 Å². The number of hydrogen-bond donors (Lipinski definition) is 1. The molecule has 1 aromatic carbocycles. The van der Waals surface area contributed by atoms with Crippen LogP contribution in [0.25, 0.3) is 0 Å². The maximum absolute atomic E-state index is 4.75. The van der Waals surface area contributed by atoms with Gasteiger partial charge in [0.05, 0.1) is 0 Å². The van der Waals surface area contributed by atoms with Crippen LogP contribution in [0.5, 0.6) is 0 Å². The summed E-state index contributed by atoms with van der Waals surface area (Å²) in [5, 5.41) is 3.36. The van der Waals surface area contributed by atoms with Crippen molar-refractivity contribution in [3.05, 3.63) is 41.6 Å². The van der Waals surface area contributed by atoms with Crippen LogP contribution in [-0.4, -0.2) is 23.1 Å². The van der Waals surface area contributed by atoms with E-state index in [0.29, 0.717) is 5.95 Å². The van der Waals surface area contributed by atoms with Crippen LogP contribution in [0.3, 0.4) is 0 Å². The molecule has 4 heteroatoms. The predicted octanol–water partition coefficient (Wildman–Crippen LogP) is 5.06. The van der Waals surface area contributed by atoms with Crippen molar-refractivity contribution in [2.75, 3.05) is 23.3 Å². The molecular formula is C21H30N4. The SMILES string of the molecule is Cc1cc(N2CCC(C)CC2)nc(Nc2ccc(C(C)(C)C)cc2)n1. The summed E-state index contributed by atoms with van der Waals surface area (Å²) < 4.78 is 0. The quantitative estimate of drug-likeness (QED) is 0.849. The van der Waals surface area contributed by atoms with Crippen LogP contribution in [0.2, 0.25) is 0 Å². The number of aromatic nitrogens is 2. The normalized spacial score (nSPS) is 16.1. The minimum absolute atomic E-state index is 0.164. The second-order valence-corrected chi connectivity index (χ2v) is 8.31. The lowest BCUT2D eigenvalue weighted by molar-refractivity contribution is 0.436. The molecule has 0 atom stereocenters. The molecule has 2 heterocycles. The Bertz CT molecular complexity index is 708. The van der Waals surface area contributed by atoms with Gasteiger partial charge >= 0.3 is 0 Å². The molecule has 0 aliphatic carbocycles. The number of nitrogens with one attached hydrogen (secondary N) is 1. The minimum atomic E-state index is 0.164. The summed E-state index contributed by atoms with van der Waals surface area (Å²) in [6.45, 7) is 13.2. The number of nitrogens with zero attached hydrogens (tertiary/aromatic N) is 3. The third-order valence-electron chi connectivity index (χ3n) is 4.96. The smallest absolute Gasteiger partial charge is 0.229 e. The number of piperidine rings is 1. The van der Waals surface area contributed by atoms with Crippen LogP contribution < -0.4 is 10.2 Å². The van der Waals surface area contributed by atoms with E-state index in [1.165, 1.54) is 18.4 Å². The fourth-order valence-corrected chi connectivity index (χ4v) is 3.19. The Morgan fingerprint density at radius 1 is 1.04 bits per heavy atom. The second-order valence-electron chi connectivity index (χ2n) is 8.31. The van der Waals surface area contributed by atoms with Gasteiger partial charge in [-0.05, 0) is 48.8 Å². The molecule has 1 fully saturated rings. The van der Waals surface area contributed by atoms with Crippen molar-refractivity contribution in [2.45, 2.75) is 52.9 Å². The van der Waals surface area contributed by atoms with E-state index in [4.69, 9.17) is 4.98 Å². The fourth-order valence-electron chi connectivity index (χ4n) is 3.19. The molecule has 0 radical (unpaired) electrons. The molecule has 1 N–H and O–H groups in total. The highest BCUT2D eigenvalue weighted by atomic mass is 15.2. The first-order chi connectivity index (χ1) is 11.8. The van der Waals surface area contributed by atoms with Gasteiger partial charge in [0.2, 0.25) is 5.95 Å². The lowest BCUT2D eigenvalue weighted by Crippen LogP contribution is -2.33. The van der Waals surface area contributed by atoms with Crippen LogP contribution in [0, 0.1) is 12.8 Å². The molecule has 2 aromatic rings. The Morgan fingerprint density at radius 3 is 2.28 bits per heavy atom. The number of benzene rings is 1. The molecule has 3 rings (SSSR count). The maximum atomic E-state index is 4.75. The van der Waals surface area contributed by atoms with E-state index >= 15 is 0 Å². The van der Waals surface area contributed by atoms with Gasteiger partial charge in [-0.3, -0.25) is 0 Å². The van der Waals surface area contributed by atoms with Gasteiger partial charge in [0, 0.05) is 30.5 Å². The number of rotatable bonds is 3. The highest BCUT2D eigenvalue weighted by Crippen LogP contribution is 2.26. The molecule has 25 heavy (non-hydrogen) atoms. The first-order valence-corrected chi connectivity index (χ1v) is 9.29. The molecule has 1 aliphatic heterocycles. The molecule has 4 nitrogen and oxygen atoms in total. The summed E-state index contributed by atoms with van der Waals surface area (Å²) in [7, 11) is 0. The zero-order chi connectivity index (χ0) is 18.0. The molecule has 0 bridgehead atoms. The predicted molar refractivity (Wildman–Crippen MR) is 106 cm³/mol. The number of hydrogen-bond acceptors (Lipinski definition) is 4. The third kappa shape index (κ3) is 4.50. The highest BCUT2D eigenvalue weighted by Gasteiger charge is 2.18. The van der Waals surface area contributed by atoms with E-state index in [0.717, 1.165) is 36.2 Å². The van der Waals surface area contributed by atoms with Crippen LogP contribution in [0.4, 0.5) is 17.5 Å². The lowest BCUT2D eigenvalue weighted by Gasteiger charge is -2.31. The van der Waals surface area contributed by atoms with E-state index in [9.17, 15) is 0 Å². The standard InChI is InChI=1S/C21H30N4/c1-15-10-12-25(13-11-15)19-14-16(2)22-20(24-19)23-18-8-6-17(7-9-18)21(3,4)5/h6-9,14-15H,10-13H2,1-5H3,(H,22,23,24). The van der Waals surface area contributed by atoms with Crippen molar-refractivity contribution in [3.63, 3.8) is 0 Å². The topological polar surface area (TPSA) is 41.1 Å². The molecular weight excluding hydrogens is 308 g/mol. The molecule has 0 unspecified atom stereocenters. The average molecular weight is 338 g/mol. The van der Waals surface area contributed by atoms with Gasteiger partial charge < -0.3 is 10.2 Å². The van der Waals surface area contributed by atoms with Gasteiger partial charge in [0.25, 0.3) is 0 Å². The monoisotopic (exact) mass is 338 g/mol. The lowest BCUT2D eigenvalue weighted by atomic mass is 9.87. The van der Waals surface area contributed by atoms with Crippen molar-refractivity contribution in [2.24, 2.45) is 5.92 Å². The van der Waals surface area contributed by atoms with Crippen LogP contribution in [0.15, 0.2) is 30.3 Å². The Morgan fingerprint density at radius 2 is 1.68 bits per heavy atom. The van der Waals surface area contributed by atoms with E-state index < -0.39 is 0 Å². The first kappa shape index (κ1) is 17.7.